The Balaban J connectivity index is 1.21. The third-order valence-electron chi connectivity index (χ3n) is 13.5. The molecule has 354 valence electrons. The number of hydrogen-bond donors (Lipinski definition) is 0. The molecule has 0 fully saturated rings. The highest BCUT2D eigenvalue weighted by Crippen LogP contribution is 2.52. The zero-order valence-corrected chi connectivity index (χ0v) is 39.6. The van der Waals surface area contributed by atoms with E-state index in [1.165, 1.54) is 34.1 Å². The largest absolute Gasteiger partial charge is 0.307 e. The molecule has 0 radical (unpaired) electrons. The summed E-state index contributed by atoms with van der Waals surface area (Å²) in [6, 6.07) is 42.6. The van der Waals surface area contributed by atoms with Gasteiger partial charge in [-0.15, -0.1) is 0 Å². The molecule has 0 aliphatic heterocycles. The lowest BCUT2D eigenvalue weighted by molar-refractivity contribution is 0.632. The highest BCUT2D eigenvalue weighted by Gasteiger charge is 2.29. The van der Waals surface area contributed by atoms with Gasteiger partial charge >= 0.3 is 0 Å². The van der Waals surface area contributed by atoms with Gasteiger partial charge in [-0.1, -0.05) is 170 Å². The maximum absolute atomic E-state index is 18.7. The predicted molar refractivity (Wildman–Crippen MR) is 303 cm³/mol. The highest BCUT2D eigenvalue weighted by molar-refractivity contribution is 6.28. The molecule has 12 rings (SSSR count). The zero-order chi connectivity index (χ0) is 60.6. The topological polar surface area (TPSA) is 62.8 Å². The van der Waals surface area contributed by atoms with Gasteiger partial charge in [0.1, 0.15) is 0 Å². The van der Waals surface area contributed by atoms with Crippen LogP contribution in [0.5, 0.6) is 0 Å². The molecule has 76 heavy (non-hydrogen) atoms. The number of benzene rings is 12. The van der Waals surface area contributed by atoms with E-state index in [-0.39, 0.29) is 50.7 Å². The van der Waals surface area contributed by atoms with Crippen LogP contribution in [0.15, 0.2) is 230 Å². The second kappa shape index (κ2) is 19.3. The van der Waals surface area contributed by atoms with Gasteiger partial charge in [0.05, 0.1) is 72.9 Å². The Labute approximate surface area is 451 Å². The number of rotatable bonds is 10. The van der Waals surface area contributed by atoms with E-state index in [1.54, 1.807) is 146 Å². The third kappa shape index (κ3) is 7.94. The summed E-state index contributed by atoms with van der Waals surface area (Å²) in [6.45, 7) is 15.2. The molecule has 0 saturated heterocycles. The minimum atomic E-state index is -0.875. The van der Waals surface area contributed by atoms with Crippen LogP contribution in [-0.2, 0) is 0 Å². The Morgan fingerprint density at radius 3 is 1.08 bits per heavy atom. The lowest BCUT2D eigenvalue weighted by Gasteiger charge is -2.32. The first kappa shape index (κ1) is 36.1. The molecular formula is C68H38F2N6. The van der Waals surface area contributed by atoms with Crippen LogP contribution in [0.3, 0.4) is 0 Å². The first-order chi connectivity index (χ1) is 41.5. The molecule has 0 spiro atoms. The van der Waals surface area contributed by atoms with E-state index < -0.39 is 83.4 Å². The van der Waals surface area contributed by atoms with E-state index in [4.69, 9.17) is 21.4 Å². The van der Waals surface area contributed by atoms with Crippen molar-refractivity contribution in [1.29, 1.82) is 10.5 Å². The maximum atomic E-state index is 18.7. The molecule has 0 unspecified atom stereocenters. The third-order valence-corrected chi connectivity index (χ3v) is 13.5. The van der Waals surface area contributed by atoms with Gasteiger partial charge < -0.3 is 9.80 Å². The molecule has 12 aromatic carbocycles. The van der Waals surface area contributed by atoms with Gasteiger partial charge in [-0.2, -0.15) is 10.5 Å². The van der Waals surface area contributed by atoms with Crippen molar-refractivity contribution in [1.82, 2.24) is 0 Å². The van der Waals surface area contributed by atoms with E-state index in [9.17, 15) is 16.0 Å². The van der Waals surface area contributed by atoms with Crippen molar-refractivity contribution in [3.8, 4) is 56.6 Å². The normalized spacial score (nSPS) is 12.8. The fourth-order valence-corrected chi connectivity index (χ4v) is 9.93. The Morgan fingerprint density at radius 2 is 0.724 bits per heavy atom. The van der Waals surface area contributed by atoms with Gasteiger partial charge in [0.2, 0.25) is 0 Å². The molecule has 8 heteroatoms. The molecule has 0 saturated carbocycles. The number of nitrogens with zero attached hydrogens (tertiary/aromatic N) is 6. The van der Waals surface area contributed by atoms with Gasteiger partial charge in [0.25, 0.3) is 0 Å². The molecule has 0 aromatic heterocycles. The molecule has 12 aromatic rings. The summed E-state index contributed by atoms with van der Waals surface area (Å²) in [7, 11) is 0. The summed E-state index contributed by atoms with van der Waals surface area (Å²) in [6.07, 6.45) is 0. The van der Waals surface area contributed by atoms with E-state index in [1.807, 2.05) is 0 Å². The van der Waals surface area contributed by atoms with Crippen LogP contribution in [0.4, 0.5) is 54.3 Å². The van der Waals surface area contributed by atoms with Crippen molar-refractivity contribution in [2.45, 2.75) is 0 Å². The minimum Gasteiger partial charge on any atom is -0.307 e. The van der Waals surface area contributed by atoms with Gasteiger partial charge in [-0.25, -0.2) is 18.5 Å². The van der Waals surface area contributed by atoms with E-state index >= 15 is 8.78 Å². The standard InChI is InChI=1S/C68H38F2N6/c1-73-51-29-21-46(22-30-51)56-36-37-57(47-19-15-44(42-72)16-20-47)67(66(56)70)75(53-9-5-3-6-10-53)61-39-27-49-26-34-60-62(40-28-50-25-33-59(61)63(49)64(50)60)76(54-11-7-4-8-12-54)68-58(48-23-31-52(74-2)32-24-48)38-35-55(65(68)69)45-17-13-43(41-71)14-18-45/h3-40H/i3D,4D,5D,6D,7D,8D,9D,10D,11D,12D. The smallest absolute Gasteiger partial charge is 0.187 e. The van der Waals surface area contributed by atoms with Crippen LogP contribution in [0.2, 0.25) is 0 Å². The Hall–Kier alpha value is -10.9. The van der Waals surface area contributed by atoms with Gasteiger partial charge in [0, 0.05) is 44.4 Å². The van der Waals surface area contributed by atoms with Crippen LogP contribution in [0.25, 0.3) is 86.5 Å². The molecule has 0 bridgehead atoms. The Morgan fingerprint density at radius 1 is 0.395 bits per heavy atom. The van der Waals surface area contributed by atoms with Crippen molar-refractivity contribution >= 4 is 77.8 Å². The van der Waals surface area contributed by atoms with Crippen molar-refractivity contribution in [2.24, 2.45) is 0 Å². The van der Waals surface area contributed by atoms with Crippen molar-refractivity contribution in [3.63, 3.8) is 0 Å². The SMILES string of the molecule is [2H]c1c([2H])c([2H])c(N(c2c(-c3ccc(C#N)cc3)ccc(-c3ccc([N+]#[C-])cc3)c2F)c2ccc3ccc4c(N(c5c([2H])c([2H])c([2H])c([2H])c5[2H])c5c(-c6ccc([N+]#[C-])cc6)ccc(-c6ccc(C#N)cc6)c5F)ccc5ccc2c3c54)c([2H])c1[2H]. The van der Waals surface area contributed by atoms with Crippen LogP contribution in [-0.4, -0.2) is 0 Å². The van der Waals surface area contributed by atoms with Crippen LogP contribution in [0.1, 0.15) is 24.8 Å². The zero-order valence-electron chi connectivity index (χ0n) is 49.6. The number of hydrogen-bond acceptors (Lipinski definition) is 4. The Kier molecular flexibility index (Phi) is 9.15. The van der Waals surface area contributed by atoms with E-state index in [0.717, 1.165) is 0 Å². The summed E-state index contributed by atoms with van der Waals surface area (Å²) in [5.41, 5.74) is 2.18. The van der Waals surface area contributed by atoms with Gasteiger partial charge in [-0.3, -0.25) is 0 Å². The van der Waals surface area contributed by atoms with Crippen molar-refractivity contribution < 1.29 is 22.5 Å². The lowest BCUT2D eigenvalue weighted by atomic mass is 9.90. The number of nitriles is 2. The van der Waals surface area contributed by atoms with Gasteiger partial charge in [0.15, 0.2) is 23.0 Å². The molecule has 0 amide bonds. The number of halogens is 2. The average molecular weight is 987 g/mol. The second-order valence-corrected chi connectivity index (χ2v) is 17.6. The van der Waals surface area contributed by atoms with Crippen molar-refractivity contribution in [3.05, 3.63) is 276 Å². The molecule has 0 atom stereocenters. The predicted octanol–water partition coefficient (Wildman–Crippen LogP) is 19.3. The number of anilines is 6. The van der Waals surface area contributed by atoms with E-state index in [0.29, 0.717) is 71.4 Å². The van der Waals surface area contributed by atoms with Crippen LogP contribution < -0.4 is 9.80 Å². The van der Waals surface area contributed by atoms with Crippen molar-refractivity contribution in [2.75, 3.05) is 9.80 Å². The van der Waals surface area contributed by atoms with E-state index in [2.05, 4.69) is 21.8 Å². The first-order valence-corrected chi connectivity index (χ1v) is 23.6. The fraction of sp³-hybridized carbons (Fsp3) is 0. The molecule has 0 aliphatic carbocycles. The first-order valence-electron chi connectivity index (χ1n) is 28.6. The Bertz CT molecular complexity index is 4640. The van der Waals surface area contributed by atoms with Crippen LogP contribution in [0, 0.1) is 47.4 Å². The van der Waals surface area contributed by atoms with Gasteiger partial charge in [-0.05, 0) is 104 Å². The highest BCUT2D eigenvalue weighted by atomic mass is 19.1. The quantitative estimate of drug-likeness (QED) is 0.101. The number of para-hydroxylation sites is 2. The monoisotopic (exact) mass is 986 g/mol. The maximum Gasteiger partial charge on any atom is 0.187 e. The molecule has 0 aliphatic rings. The minimum absolute atomic E-state index is 0.0375. The lowest BCUT2D eigenvalue weighted by Crippen LogP contribution is -2.15. The summed E-state index contributed by atoms with van der Waals surface area (Å²) in [4.78, 5) is 9.65. The average Bonchev–Trinajstić information content (AvgIpc) is 0.789. The van der Waals surface area contributed by atoms with Crippen LogP contribution >= 0.6 is 0 Å². The fourth-order valence-electron chi connectivity index (χ4n) is 9.93. The molecular weight excluding hydrogens is 939 g/mol. The summed E-state index contributed by atoms with van der Waals surface area (Å²) in [5.74, 6) is -1.75. The summed E-state index contributed by atoms with van der Waals surface area (Å²) >= 11 is 0. The summed E-state index contributed by atoms with van der Waals surface area (Å²) in [5, 5.41) is 22.4. The second-order valence-electron chi connectivity index (χ2n) is 17.6. The molecule has 0 heterocycles. The molecule has 0 N–H and O–H groups in total. The molecule has 6 nitrogen and oxygen atoms in total. The summed E-state index contributed by atoms with van der Waals surface area (Å²) < 4.78 is 129.